The lowest BCUT2D eigenvalue weighted by Gasteiger charge is -2.43. The summed E-state index contributed by atoms with van der Waals surface area (Å²) >= 11 is 0. The highest BCUT2D eigenvalue weighted by atomic mass is 16.3. The summed E-state index contributed by atoms with van der Waals surface area (Å²) < 4.78 is 0. The van der Waals surface area contributed by atoms with E-state index in [1.54, 1.807) is 0 Å². The van der Waals surface area contributed by atoms with Gasteiger partial charge in [0.05, 0.1) is 6.10 Å². The van der Waals surface area contributed by atoms with E-state index in [2.05, 4.69) is 13.8 Å². The Labute approximate surface area is 81.5 Å². The van der Waals surface area contributed by atoms with Crippen molar-refractivity contribution in [2.45, 2.75) is 58.5 Å². The molecule has 2 rings (SSSR count). The van der Waals surface area contributed by atoms with Gasteiger partial charge in [-0.1, -0.05) is 26.7 Å². The third-order valence-electron chi connectivity index (χ3n) is 4.78. The zero-order valence-corrected chi connectivity index (χ0v) is 8.92. The molecule has 0 aromatic rings. The topological polar surface area (TPSA) is 20.2 Å². The number of hydrogen-bond acceptors (Lipinski definition) is 1. The fourth-order valence-electron chi connectivity index (χ4n) is 3.93. The average molecular weight is 182 g/mol. The predicted molar refractivity (Wildman–Crippen MR) is 54.5 cm³/mol. The molecule has 4 atom stereocenters. The average Bonchev–Trinajstić information content (AvgIpc) is 2.43. The van der Waals surface area contributed by atoms with Gasteiger partial charge >= 0.3 is 0 Å². The van der Waals surface area contributed by atoms with Crippen LogP contribution in [0.15, 0.2) is 0 Å². The summed E-state index contributed by atoms with van der Waals surface area (Å²) in [4.78, 5) is 0. The molecule has 0 aromatic carbocycles. The smallest absolute Gasteiger partial charge is 0.0573 e. The van der Waals surface area contributed by atoms with Crippen LogP contribution in [-0.4, -0.2) is 11.2 Å². The molecule has 1 heteroatoms. The van der Waals surface area contributed by atoms with E-state index in [9.17, 15) is 5.11 Å². The van der Waals surface area contributed by atoms with Gasteiger partial charge < -0.3 is 5.11 Å². The van der Waals surface area contributed by atoms with E-state index >= 15 is 0 Å². The van der Waals surface area contributed by atoms with Gasteiger partial charge in [-0.25, -0.2) is 0 Å². The Morgan fingerprint density at radius 3 is 2.77 bits per heavy atom. The maximum absolute atomic E-state index is 9.96. The van der Waals surface area contributed by atoms with Crippen LogP contribution >= 0.6 is 0 Å². The van der Waals surface area contributed by atoms with Crippen molar-refractivity contribution in [2.75, 3.05) is 0 Å². The lowest BCUT2D eigenvalue weighted by Crippen LogP contribution is -2.39. The quantitative estimate of drug-likeness (QED) is 0.661. The van der Waals surface area contributed by atoms with E-state index in [1.165, 1.54) is 32.1 Å². The van der Waals surface area contributed by atoms with E-state index < -0.39 is 0 Å². The largest absolute Gasteiger partial charge is 0.393 e. The third-order valence-corrected chi connectivity index (χ3v) is 4.78. The van der Waals surface area contributed by atoms with Crippen molar-refractivity contribution in [3.63, 3.8) is 0 Å². The molecule has 0 radical (unpaired) electrons. The molecule has 0 heterocycles. The summed E-state index contributed by atoms with van der Waals surface area (Å²) in [5, 5.41) is 9.96. The van der Waals surface area contributed by atoms with Crippen LogP contribution < -0.4 is 0 Å². The van der Waals surface area contributed by atoms with Crippen LogP contribution in [0, 0.1) is 17.3 Å². The fraction of sp³-hybridized carbons (Fsp3) is 1.00. The first kappa shape index (κ1) is 9.51. The van der Waals surface area contributed by atoms with Crippen molar-refractivity contribution in [1.82, 2.24) is 0 Å². The zero-order valence-electron chi connectivity index (χ0n) is 8.92. The van der Waals surface area contributed by atoms with Gasteiger partial charge in [-0.2, -0.15) is 0 Å². The lowest BCUT2D eigenvalue weighted by molar-refractivity contribution is -0.0174. The normalized spacial score (nSPS) is 50.5. The second-order valence-corrected chi connectivity index (χ2v) is 5.25. The first-order chi connectivity index (χ1) is 6.18. The Balaban J connectivity index is 2.18. The molecule has 2 aliphatic carbocycles. The highest BCUT2D eigenvalue weighted by Crippen LogP contribution is 2.56. The number of aliphatic hydroxyl groups excluding tert-OH is 1. The van der Waals surface area contributed by atoms with Crippen molar-refractivity contribution in [3.8, 4) is 0 Å². The highest BCUT2D eigenvalue weighted by molar-refractivity contribution is 4.99. The molecule has 0 spiro atoms. The lowest BCUT2D eigenvalue weighted by atomic mass is 9.64. The van der Waals surface area contributed by atoms with Crippen LogP contribution in [0.1, 0.15) is 52.4 Å². The molecule has 4 unspecified atom stereocenters. The molecular formula is C12H22O. The van der Waals surface area contributed by atoms with Crippen LogP contribution in [0.3, 0.4) is 0 Å². The third kappa shape index (κ3) is 1.32. The van der Waals surface area contributed by atoms with Crippen LogP contribution in [-0.2, 0) is 0 Å². The maximum Gasteiger partial charge on any atom is 0.0573 e. The van der Waals surface area contributed by atoms with Crippen LogP contribution in [0.2, 0.25) is 0 Å². The van der Waals surface area contributed by atoms with Gasteiger partial charge in [0.2, 0.25) is 0 Å². The molecule has 0 aromatic heterocycles. The minimum atomic E-state index is 0.00954. The highest BCUT2D eigenvalue weighted by Gasteiger charge is 2.49. The SMILES string of the molecule is CCC1CCC2C(O)CCCC12C. The van der Waals surface area contributed by atoms with Crippen LogP contribution in [0.5, 0.6) is 0 Å². The summed E-state index contributed by atoms with van der Waals surface area (Å²) in [5.41, 5.74) is 0.479. The summed E-state index contributed by atoms with van der Waals surface area (Å²) in [6.45, 7) is 4.72. The Kier molecular flexibility index (Phi) is 2.39. The molecule has 2 aliphatic rings. The van der Waals surface area contributed by atoms with Gasteiger partial charge in [0, 0.05) is 0 Å². The van der Waals surface area contributed by atoms with E-state index in [4.69, 9.17) is 0 Å². The fourth-order valence-corrected chi connectivity index (χ4v) is 3.93. The summed E-state index contributed by atoms with van der Waals surface area (Å²) in [6, 6.07) is 0. The van der Waals surface area contributed by atoms with Crippen LogP contribution in [0.4, 0.5) is 0 Å². The van der Waals surface area contributed by atoms with Crippen LogP contribution in [0.25, 0.3) is 0 Å². The molecule has 2 fully saturated rings. The molecule has 0 saturated heterocycles. The maximum atomic E-state index is 9.96. The molecule has 1 nitrogen and oxygen atoms in total. The van der Waals surface area contributed by atoms with Crippen molar-refractivity contribution in [3.05, 3.63) is 0 Å². The monoisotopic (exact) mass is 182 g/mol. The second-order valence-electron chi connectivity index (χ2n) is 5.25. The Morgan fingerprint density at radius 1 is 1.31 bits per heavy atom. The van der Waals surface area contributed by atoms with Gasteiger partial charge in [0.15, 0.2) is 0 Å². The summed E-state index contributed by atoms with van der Waals surface area (Å²) in [6.07, 6.45) is 7.59. The van der Waals surface area contributed by atoms with E-state index in [1.807, 2.05) is 0 Å². The van der Waals surface area contributed by atoms with E-state index in [0.717, 1.165) is 12.3 Å². The minimum absolute atomic E-state index is 0.00954. The standard InChI is InChI=1S/C12H22O/c1-3-9-6-7-10-11(13)5-4-8-12(9,10)2/h9-11,13H,3-8H2,1-2H3. The van der Waals surface area contributed by atoms with Crippen molar-refractivity contribution < 1.29 is 5.11 Å². The molecule has 0 aliphatic heterocycles. The molecule has 76 valence electrons. The molecule has 2 saturated carbocycles. The number of fused-ring (bicyclic) bond motifs is 1. The van der Waals surface area contributed by atoms with E-state index in [0.29, 0.717) is 11.3 Å². The van der Waals surface area contributed by atoms with Crippen molar-refractivity contribution >= 4 is 0 Å². The summed E-state index contributed by atoms with van der Waals surface area (Å²) in [7, 11) is 0. The predicted octanol–water partition coefficient (Wildman–Crippen LogP) is 2.97. The molecule has 0 bridgehead atoms. The van der Waals surface area contributed by atoms with Gasteiger partial charge in [-0.05, 0) is 42.9 Å². The van der Waals surface area contributed by atoms with Gasteiger partial charge in [-0.15, -0.1) is 0 Å². The van der Waals surface area contributed by atoms with Gasteiger partial charge in [0.25, 0.3) is 0 Å². The number of rotatable bonds is 1. The number of aliphatic hydroxyl groups is 1. The summed E-state index contributed by atoms with van der Waals surface area (Å²) in [5.74, 6) is 1.50. The Morgan fingerprint density at radius 2 is 2.08 bits per heavy atom. The molecule has 13 heavy (non-hydrogen) atoms. The first-order valence-corrected chi connectivity index (χ1v) is 5.86. The van der Waals surface area contributed by atoms with Crippen molar-refractivity contribution in [2.24, 2.45) is 17.3 Å². The molecule has 0 amide bonds. The van der Waals surface area contributed by atoms with Crippen molar-refractivity contribution in [1.29, 1.82) is 0 Å². The zero-order chi connectivity index (χ0) is 9.47. The Bertz CT molecular complexity index is 190. The van der Waals surface area contributed by atoms with Gasteiger partial charge in [0.1, 0.15) is 0 Å². The second kappa shape index (κ2) is 3.27. The van der Waals surface area contributed by atoms with E-state index in [-0.39, 0.29) is 6.10 Å². The van der Waals surface area contributed by atoms with Gasteiger partial charge in [-0.3, -0.25) is 0 Å². The molecular weight excluding hydrogens is 160 g/mol. The molecule has 1 N–H and O–H groups in total. The Hall–Kier alpha value is -0.0400. The minimum Gasteiger partial charge on any atom is -0.393 e. The first-order valence-electron chi connectivity index (χ1n) is 5.86. The number of hydrogen-bond donors (Lipinski definition) is 1.